The molecule has 1 aromatic heterocycles. The van der Waals surface area contributed by atoms with Gasteiger partial charge in [-0.25, -0.2) is 4.98 Å². The van der Waals surface area contributed by atoms with Crippen LogP contribution in [0.3, 0.4) is 0 Å². The van der Waals surface area contributed by atoms with Gasteiger partial charge < -0.3 is 10.1 Å². The molecule has 5 rings (SSSR count). The van der Waals surface area contributed by atoms with E-state index in [0.29, 0.717) is 12.1 Å². The van der Waals surface area contributed by atoms with E-state index < -0.39 is 0 Å². The number of aromatic nitrogens is 1. The zero-order chi connectivity index (χ0) is 19.1. The largest absolute Gasteiger partial charge is 0.375 e. The summed E-state index contributed by atoms with van der Waals surface area (Å²) >= 11 is 1.78. The van der Waals surface area contributed by atoms with E-state index in [1.54, 1.807) is 11.3 Å². The van der Waals surface area contributed by atoms with E-state index in [0.717, 1.165) is 23.6 Å². The molecule has 2 aliphatic heterocycles. The number of fused-ring (bicyclic) bond motifs is 1. The summed E-state index contributed by atoms with van der Waals surface area (Å²) in [6, 6.07) is 11.8. The van der Waals surface area contributed by atoms with Gasteiger partial charge in [-0.1, -0.05) is 41.7 Å². The Labute approximate surface area is 172 Å². The minimum Gasteiger partial charge on any atom is -0.375 e. The zero-order valence-electron chi connectivity index (χ0n) is 16.9. The number of rotatable bonds is 4. The monoisotopic (exact) mass is 397 g/mol. The topological polar surface area (TPSA) is 37.4 Å². The predicted octanol–water partition coefficient (Wildman–Crippen LogP) is 4.89. The van der Waals surface area contributed by atoms with Crippen LogP contribution in [0.25, 0.3) is 10.4 Å². The van der Waals surface area contributed by atoms with Crippen molar-refractivity contribution in [3.8, 4) is 10.4 Å². The summed E-state index contributed by atoms with van der Waals surface area (Å²) in [5, 5.41) is 4.81. The summed E-state index contributed by atoms with van der Waals surface area (Å²) in [5.41, 5.74) is 1.30. The molecule has 1 unspecified atom stereocenters. The Morgan fingerprint density at radius 3 is 2.61 bits per heavy atom. The van der Waals surface area contributed by atoms with E-state index in [1.165, 1.54) is 49.2 Å². The van der Waals surface area contributed by atoms with Gasteiger partial charge in [0, 0.05) is 38.0 Å². The second-order valence-corrected chi connectivity index (χ2v) is 10.5. The Kier molecular flexibility index (Phi) is 4.93. The van der Waals surface area contributed by atoms with Crippen LogP contribution in [0.5, 0.6) is 0 Å². The molecule has 3 heterocycles. The van der Waals surface area contributed by atoms with Crippen LogP contribution in [0, 0.1) is 11.8 Å². The molecule has 1 saturated carbocycles. The molecule has 150 valence electrons. The molecule has 1 aliphatic carbocycles. The number of hydrogen-bond donors (Lipinski definition) is 1. The fourth-order valence-corrected chi connectivity index (χ4v) is 6.41. The van der Waals surface area contributed by atoms with Gasteiger partial charge >= 0.3 is 0 Å². The highest BCUT2D eigenvalue weighted by molar-refractivity contribution is 7.18. The number of nitrogens with one attached hydrogen (secondary N) is 1. The average molecular weight is 398 g/mol. The van der Waals surface area contributed by atoms with Crippen molar-refractivity contribution in [3.63, 3.8) is 0 Å². The van der Waals surface area contributed by atoms with Crippen molar-refractivity contribution in [1.29, 1.82) is 0 Å². The van der Waals surface area contributed by atoms with Gasteiger partial charge in [-0.3, -0.25) is 4.90 Å². The Balaban J connectivity index is 1.16. The lowest BCUT2D eigenvalue weighted by atomic mass is 9.93. The summed E-state index contributed by atoms with van der Waals surface area (Å²) in [4.78, 5) is 8.65. The highest BCUT2D eigenvalue weighted by Crippen LogP contribution is 2.42. The van der Waals surface area contributed by atoms with Gasteiger partial charge in [0.25, 0.3) is 0 Å². The Hall–Kier alpha value is -1.43. The van der Waals surface area contributed by atoms with Crippen molar-refractivity contribution < 1.29 is 4.74 Å². The van der Waals surface area contributed by atoms with Gasteiger partial charge in [-0.15, -0.1) is 0 Å². The third kappa shape index (κ3) is 3.85. The Morgan fingerprint density at radius 2 is 1.89 bits per heavy atom. The van der Waals surface area contributed by atoms with Crippen molar-refractivity contribution >= 4 is 16.5 Å². The maximum Gasteiger partial charge on any atom is 0.183 e. The first-order valence-corrected chi connectivity index (χ1v) is 11.5. The minimum atomic E-state index is 0.0476. The molecule has 0 radical (unpaired) electrons. The first kappa shape index (κ1) is 18.6. The van der Waals surface area contributed by atoms with Gasteiger partial charge in [-0.2, -0.15) is 0 Å². The van der Waals surface area contributed by atoms with Crippen molar-refractivity contribution in [3.05, 3.63) is 36.5 Å². The van der Waals surface area contributed by atoms with E-state index in [-0.39, 0.29) is 5.60 Å². The summed E-state index contributed by atoms with van der Waals surface area (Å²) in [6.07, 6.45) is 6.95. The number of likely N-dealkylation sites (tertiary alicyclic amines) is 1. The van der Waals surface area contributed by atoms with Gasteiger partial charge in [0.05, 0.1) is 10.5 Å². The molecule has 5 heteroatoms. The Morgan fingerprint density at radius 1 is 1.14 bits per heavy atom. The third-order valence-electron chi connectivity index (χ3n) is 6.86. The summed E-state index contributed by atoms with van der Waals surface area (Å²) < 4.78 is 5.92. The summed E-state index contributed by atoms with van der Waals surface area (Å²) in [5.74, 6) is 1.69. The summed E-state index contributed by atoms with van der Waals surface area (Å²) in [6.45, 7) is 7.95. The van der Waals surface area contributed by atoms with Crippen LogP contribution in [-0.2, 0) is 4.74 Å². The average Bonchev–Trinajstić information content (AvgIpc) is 3.37. The molecule has 1 aromatic carbocycles. The first-order chi connectivity index (χ1) is 13.6. The lowest BCUT2D eigenvalue weighted by Gasteiger charge is -2.40. The fraction of sp³-hybridized carbons (Fsp3) is 0.609. The smallest absolute Gasteiger partial charge is 0.183 e. The van der Waals surface area contributed by atoms with E-state index in [9.17, 15) is 0 Å². The van der Waals surface area contributed by atoms with Crippen LogP contribution in [-0.4, -0.2) is 47.3 Å². The normalized spacial score (nSPS) is 32.4. The molecule has 4 nitrogen and oxygen atoms in total. The van der Waals surface area contributed by atoms with Gasteiger partial charge in [-0.05, 0) is 56.9 Å². The number of anilines is 1. The highest BCUT2D eigenvalue weighted by Gasteiger charge is 2.44. The van der Waals surface area contributed by atoms with Gasteiger partial charge in [0.1, 0.15) is 0 Å². The maximum atomic E-state index is 5.92. The van der Waals surface area contributed by atoms with Crippen LogP contribution < -0.4 is 5.32 Å². The summed E-state index contributed by atoms with van der Waals surface area (Å²) in [7, 11) is 0. The molecule has 0 spiro atoms. The molecule has 0 bridgehead atoms. The number of benzene rings is 1. The lowest BCUT2D eigenvalue weighted by molar-refractivity contribution is -0.0811. The maximum absolute atomic E-state index is 5.92. The van der Waals surface area contributed by atoms with Gasteiger partial charge in [0.15, 0.2) is 5.13 Å². The first-order valence-electron chi connectivity index (χ1n) is 10.7. The molecule has 0 amide bonds. The molecule has 2 aromatic rings. The van der Waals surface area contributed by atoms with E-state index in [4.69, 9.17) is 4.74 Å². The van der Waals surface area contributed by atoms with Gasteiger partial charge in [0.2, 0.25) is 0 Å². The van der Waals surface area contributed by atoms with Crippen molar-refractivity contribution in [2.75, 3.05) is 25.0 Å². The molecule has 4 atom stereocenters. The van der Waals surface area contributed by atoms with Crippen LogP contribution >= 0.6 is 11.3 Å². The zero-order valence-corrected chi connectivity index (χ0v) is 17.8. The van der Waals surface area contributed by atoms with Crippen LogP contribution in [0.1, 0.15) is 39.5 Å². The number of hydrogen-bond acceptors (Lipinski definition) is 5. The SMILES string of the molecule is CC1(C)CC(N2C[C@H]3C[C@@H](Nc4ncc(-c5ccccc5)s4)C[C@H]3C2)CCO1. The quantitative estimate of drug-likeness (QED) is 0.797. The van der Waals surface area contributed by atoms with Crippen LogP contribution in [0.4, 0.5) is 5.13 Å². The van der Waals surface area contributed by atoms with E-state index in [2.05, 4.69) is 59.4 Å². The van der Waals surface area contributed by atoms with Crippen LogP contribution in [0.2, 0.25) is 0 Å². The standard InChI is InChI=1S/C23H31N3OS/c1-23(2)12-20(8-9-27-23)26-14-17-10-19(11-18(17)15-26)25-22-24-13-21(28-22)16-6-4-3-5-7-16/h3-7,13,17-20H,8-12,14-15H2,1-2H3,(H,24,25)/t17-,18+,19-,20?. The second-order valence-electron chi connectivity index (χ2n) is 9.44. The minimum absolute atomic E-state index is 0.0476. The van der Waals surface area contributed by atoms with Crippen LogP contribution in [0.15, 0.2) is 36.5 Å². The third-order valence-corrected chi connectivity index (χ3v) is 7.84. The van der Waals surface area contributed by atoms with Crippen molar-refractivity contribution in [2.24, 2.45) is 11.8 Å². The molecule has 3 aliphatic rings. The highest BCUT2D eigenvalue weighted by atomic mass is 32.1. The fourth-order valence-electron chi connectivity index (χ4n) is 5.51. The number of ether oxygens (including phenoxy) is 1. The van der Waals surface area contributed by atoms with Crippen molar-refractivity contribution in [2.45, 2.75) is 57.2 Å². The van der Waals surface area contributed by atoms with E-state index in [1.807, 2.05) is 6.20 Å². The molecule has 1 N–H and O–H groups in total. The second kappa shape index (κ2) is 7.43. The van der Waals surface area contributed by atoms with E-state index >= 15 is 0 Å². The lowest BCUT2D eigenvalue weighted by Crippen LogP contribution is -2.45. The number of thiazole rings is 1. The molecule has 3 fully saturated rings. The molecular weight excluding hydrogens is 366 g/mol. The Bertz CT molecular complexity index is 791. The molecular formula is C23H31N3OS. The predicted molar refractivity (Wildman–Crippen MR) is 116 cm³/mol. The van der Waals surface area contributed by atoms with Crippen molar-refractivity contribution in [1.82, 2.24) is 9.88 Å². The molecule has 28 heavy (non-hydrogen) atoms. The molecule has 2 saturated heterocycles. The number of nitrogens with zero attached hydrogens (tertiary/aromatic N) is 2.